The predicted molar refractivity (Wildman–Crippen MR) is 73.7 cm³/mol. The van der Waals surface area contributed by atoms with E-state index in [4.69, 9.17) is 0 Å². The maximum atomic E-state index is 12.5. The molecule has 2 N–H and O–H groups in total. The first kappa shape index (κ1) is 14.4. The van der Waals surface area contributed by atoms with E-state index in [1.165, 1.54) is 0 Å². The minimum Gasteiger partial charge on any atom is -0.507 e. The van der Waals surface area contributed by atoms with Crippen molar-refractivity contribution in [3.63, 3.8) is 0 Å². The molecule has 1 aromatic carbocycles. The Morgan fingerprint density at radius 2 is 2.05 bits per heavy atom. The molecule has 20 heavy (non-hydrogen) atoms. The zero-order valence-electron chi connectivity index (χ0n) is 11.7. The number of rotatable bonds is 2. The summed E-state index contributed by atoms with van der Waals surface area (Å²) in [5.41, 5.74) is 0.873. The third-order valence-corrected chi connectivity index (χ3v) is 4.03. The first-order valence-electron chi connectivity index (χ1n) is 6.76. The van der Waals surface area contributed by atoms with Crippen molar-refractivity contribution >= 4 is 11.9 Å². The van der Waals surface area contributed by atoms with E-state index in [1.54, 1.807) is 36.9 Å². The van der Waals surface area contributed by atoms with E-state index in [2.05, 4.69) is 0 Å². The van der Waals surface area contributed by atoms with E-state index in [0.717, 1.165) is 0 Å². The molecule has 0 unspecified atom stereocenters. The van der Waals surface area contributed by atoms with E-state index in [-0.39, 0.29) is 23.3 Å². The number of aryl methyl sites for hydroxylation is 1. The van der Waals surface area contributed by atoms with Crippen LogP contribution in [0, 0.1) is 12.8 Å². The second-order valence-corrected chi connectivity index (χ2v) is 5.30. The Morgan fingerprint density at radius 3 is 2.70 bits per heavy atom. The number of aromatic hydroxyl groups is 1. The standard InChI is InChI=1S/C15H19NO4/c1-9-5-3-6-12(13(9)17)14(18)16-8-4-7-11(10(16)2)15(19)20/h3,5-6,10-11,17H,4,7-8H2,1-2H3,(H,19,20)/t10-,11-/m1/s1. The molecule has 1 saturated heterocycles. The highest BCUT2D eigenvalue weighted by molar-refractivity contribution is 5.97. The zero-order chi connectivity index (χ0) is 14.9. The second kappa shape index (κ2) is 5.53. The molecule has 0 bridgehead atoms. The number of piperidine rings is 1. The predicted octanol–water partition coefficient (Wildman–Crippen LogP) is 2.03. The van der Waals surface area contributed by atoms with Crippen LogP contribution in [-0.4, -0.2) is 39.6 Å². The average Bonchev–Trinajstić information content (AvgIpc) is 2.41. The van der Waals surface area contributed by atoms with Gasteiger partial charge in [-0.05, 0) is 38.3 Å². The Bertz CT molecular complexity index is 541. The molecule has 0 aliphatic carbocycles. The summed E-state index contributed by atoms with van der Waals surface area (Å²) >= 11 is 0. The maximum Gasteiger partial charge on any atom is 0.308 e. The van der Waals surface area contributed by atoms with Gasteiger partial charge in [0.15, 0.2) is 0 Å². The molecule has 0 radical (unpaired) electrons. The molecule has 2 rings (SSSR count). The zero-order valence-corrected chi connectivity index (χ0v) is 11.7. The lowest BCUT2D eigenvalue weighted by molar-refractivity contribution is -0.144. The summed E-state index contributed by atoms with van der Waals surface area (Å²) in [4.78, 5) is 25.3. The smallest absolute Gasteiger partial charge is 0.308 e. The largest absolute Gasteiger partial charge is 0.507 e. The summed E-state index contributed by atoms with van der Waals surface area (Å²) in [7, 11) is 0. The number of carbonyl (C=O) groups is 2. The fourth-order valence-electron chi connectivity index (χ4n) is 2.75. The first-order valence-corrected chi connectivity index (χ1v) is 6.76. The highest BCUT2D eigenvalue weighted by Crippen LogP contribution is 2.28. The number of para-hydroxylation sites is 1. The Hall–Kier alpha value is -2.04. The molecule has 2 atom stereocenters. The van der Waals surface area contributed by atoms with Crippen molar-refractivity contribution in [3.05, 3.63) is 29.3 Å². The second-order valence-electron chi connectivity index (χ2n) is 5.30. The summed E-state index contributed by atoms with van der Waals surface area (Å²) in [6, 6.07) is 4.65. The van der Waals surface area contributed by atoms with Gasteiger partial charge in [0, 0.05) is 12.6 Å². The molecule has 1 amide bonds. The van der Waals surface area contributed by atoms with Gasteiger partial charge in [0.25, 0.3) is 5.91 Å². The lowest BCUT2D eigenvalue weighted by Gasteiger charge is -2.37. The Morgan fingerprint density at radius 1 is 1.35 bits per heavy atom. The van der Waals surface area contributed by atoms with Gasteiger partial charge in [-0.2, -0.15) is 0 Å². The number of carboxylic acids is 1. The van der Waals surface area contributed by atoms with E-state index < -0.39 is 11.9 Å². The minimum atomic E-state index is -0.872. The van der Waals surface area contributed by atoms with Crippen LogP contribution in [0.5, 0.6) is 5.75 Å². The van der Waals surface area contributed by atoms with E-state index in [0.29, 0.717) is 24.9 Å². The number of likely N-dealkylation sites (tertiary alicyclic amines) is 1. The van der Waals surface area contributed by atoms with Gasteiger partial charge in [0.05, 0.1) is 11.5 Å². The van der Waals surface area contributed by atoms with Crippen molar-refractivity contribution in [1.29, 1.82) is 0 Å². The van der Waals surface area contributed by atoms with Crippen LogP contribution in [0.1, 0.15) is 35.7 Å². The van der Waals surface area contributed by atoms with Crippen molar-refractivity contribution in [1.82, 2.24) is 4.90 Å². The van der Waals surface area contributed by atoms with Gasteiger partial charge < -0.3 is 15.1 Å². The molecule has 0 spiro atoms. The summed E-state index contributed by atoms with van der Waals surface area (Å²) in [5, 5.41) is 19.2. The fourth-order valence-corrected chi connectivity index (χ4v) is 2.75. The van der Waals surface area contributed by atoms with Crippen LogP contribution >= 0.6 is 0 Å². The van der Waals surface area contributed by atoms with Crippen LogP contribution in [0.3, 0.4) is 0 Å². The number of carboxylic acid groups (broad SMARTS) is 1. The SMILES string of the molecule is Cc1cccc(C(=O)N2CCC[C@@H](C(=O)O)[C@H]2C)c1O. The van der Waals surface area contributed by atoms with Crippen molar-refractivity contribution < 1.29 is 19.8 Å². The fraction of sp³-hybridized carbons (Fsp3) is 0.467. The molecule has 1 aliphatic heterocycles. The van der Waals surface area contributed by atoms with Crippen molar-refractivity contribution in [2.75, 3.05) is 6.54 Å². The number of benzene rings is 1. The molecule has 108 valence electrons. The first-order chi connectivity index (χ1) is 9.43. The number of nitrogens with zero attached hydrogens (tertiary/aromatic N) is 1. The van der Waals surface area contributed by atoms with Gasteiger partial charge in [-0.25, -0.2) is 0 Å². The molecule has 1 fully saturated rings. The molecule has 0 aromatic heterocycles. The number of hydrogen-bond donors (Lipinski definition) is 2. The summed E-state index contributed by atoms with van der Waals surface area (Å²) in [6.07, 6.45) is 1.25. The van der Waals surface area contributed by atoms with Gasteiger partial charge in [0.1, 0.15) is 5.75 Å². The topological polar surface area (TPSA) is 77.8 Å². The monoisotopic (exact) mass is 277 g/mol. The van der Waals surface area contributed by atoms with Gasteiger partial charge in [-0.15, -0.1) is 0 Å². The number of hydrogen-bond acceptors (Lipinski definition) is 3. The van der Waals surface area contributed by atoms with Crippen LogP contribution in [0.4, 0.5) is 0 Å². The molecular formula is C15H19NO4. The molecule has 0 saturated carbocycles. The maximum absolute atomic E-state index is 12.5. The summed E-state index contributed by atoms with van der Waals surface area (Å²) in [6.45, 7) is 4.01. The quantitative estimate of drug-likeness (QED) is 0.867. The van der Waals surface area contributed by atoms with Gasteiger partial charge >= 0.3 is 5.97 Å². The van der Waals surface area contributed by atoms with Crippen molar-refractivity contribution in [2.45, 2.75) is 32.7 Å². The van der Waals surface area contributed by atoms with E-state index in [9.17, 15) is 19.8 Å². The third-order valence-electron chi connectivity index (χ3n) is 4.03. The highest BCUT2D eigenvalue weighted by atomic mass is 16.4. The molecule has 5 nitrogen and oxygen atoms in total. The summed E-state index contributed by atoms with van der Waals surface area (Å²) < 4.78 is 0. The van der Waals surface area contributed by atoms with Gasteiger partial charge in [-0.1, -0.05) is 12.1 Å². The normalized spacial score (nSPS) is 22.6. The lowest BCUT2D eigenvalue weighted by atomic mass is 9.89. The van der Waals surface area contributed by atoms with Gasteiger partial charge in [-0.3, -0.25) is 9.59 Å². The number of phenols is 1. The highest BCUT2D eigenvalue weighted by Gasteiger charge is 2.36. The summed E-state index contributed by atoms with van der Waals surface area (Å²) in [5.74, 6) is -1.74. The van der Waals surface area contributed by atoms with Crippen LogP contribution < -0.4 is 0 Å². The van der Waals surface area contributed by atoms with Crippen molar-refractivity contribution in [3.8, 4) is 5.75 Å². The Balaban J connectivity index is 2.28. The van der Waals surface area contributed by atoms with E-state index in [1.807, 2.05) is 0 Å². The number of aliphatic carboxylic acids is 1. The number of carbonyl (C=O) groups excluding carboxylic acids is 1. The van der Waals surface area contributed by atoms with E-state index >= 15 is 0 Å². The van der Waals surface area contributed by atoms with Gasteiger partial charge in [0.2, 0.25) is 0 Å². The molecule has 1 aliphatic rings. The average molecular weight is 277 g/mol. The molecule has 5 heteroatoms. The molecule has 1 aromatic rings. The van der Waals surface area contributed by atoms with Crippen LogP contribution in [0.2, 0.25) is 0 Å². The lowest BCUT2D eigenvalue weighted by Crippen LogP contribution is -2.49. The Labute approximate surface area is 117 Å². The third kappa shape index (κ3) is 2.48. The molecular weight excluding hydrogens is 258 g/mol. The minimum absolute atomic E-state index is 0.0258. The van der Waals surface area contributed by atoms with Crippen molar-refractivity contribution in [2.24, 2.45) is 5.92 Å². The Kier molecular flexibility index (Phi) is 3.97. The van der Waals surface area contributed by atoms with Crippen LogP contribution in [-0.2, 0) is 4.79 Å². The van der Waals surface area contributed by atoms with Crippen LogP contribution in [0.25, 0.3) is 0 Å². The number of phenolic OH excluding ortho intramolecular Hbond substituents is 1. The number of amides is 1. The molecule has 1 heterocycles. The van der Waals surface area contributed by atoms with Crippen LogP contribution in [0.15, 0.2) is 18.2 Å².